The molecule has 1 atom stereocenters. The molecule has 0 saturated heterocycles. The normalized spacial score (nSPS) is 12.3. The summed E-state index contributed by atoms with van der Waals surface area (Å²) < 4.78 is 5.24. The monoisotopic (exact) mass is 231 g/mol. The molecule has 0 bridgehead atoms. The van der Waals surface area contributed by atoms with Gasteiger partial charge >= 0.3 is 5.97 Å². The van der Waals surface area contributed by atoms with Crippen molar-refractivity contribution in [3.8, 4) is 11.5 Å². The molecule has 0 aliphatic carbocycles. The molecule has 2 rings (SSSR count). The molecule has 1 aromatic heterocycles. The smallest absolute Gasteiger partial charge is 0.306 e. The van der Waals surface area contributed by atoms with E-state index in [1.807, 2.05) is 24.3 Å². The third-order valence-electron chi connectivity index (χ3n) is 2.63. The topological polar surface area (TPSA) is 63.3 Å². The number of hydrogen-bond acceptors (Lipinski definition) is 3. The Labute approximate surface area is 98.9 Å². The maximum atomic E-state index is 10.9. The Morgan fingerprint density at radius 2 is 2.24 bits per heavy atom. The molecule has 88 valence electrons. The second kappa shape index (κ2) is 4.82. The van der Waals surface area contributed by atoms with Gasteiger partial charge in [-0.1, -0.05) is 25.1 Å². The summed E-state index contributed by atoms with van der Waals surface area (Å²) in [4.78, 5) is 14.9. The molecular formula is C13H13NO3. The lowest BCUT2D eigenvalue weighted by Crippen LogP contribution is -2.12. The van der Waals surface area contributed by atoms with Crippen molar-refractivity contribution in [2.75, 3.05) is 0 Å². The van der Waals surface area contributed by atoms with E-state index in [-0.39, 0.29) is 0 Å². The van der Waals surface area contributed by atoms with Crippen molar-refractivity contribution in [2.45, 2.75) is 13.3 Å². The molecule has 0 amide bonds. The Balaban J connectivity index is 2.32. The number of hydrogen-bond donors (Lipinski definition) is 1. The van der Waals surface area contributed by atoms with Crippen LogP contribution in [-0.2, 0) is 11.2 Å². The number of benzene rings is 1. The van der Waals surface area contributed by atoms with Crippen LogP contribution in [0.2, 0.25) is 0 Å². The zero-order chi connectivity index (χ0) is 12.3. The number of carboxylic acids is 1. The van der Waals surface area contributed by atoms with E-state index in [9.17, 15) is 4.79 Å². The molecule has 0 aliphatic heterocycles. The fraction of sp³-hybridized carbons (Fsp3) is 0.231. The summed E-state index contributed by atoms with van der Waals surface area (Å²) in [5.41, 5.74) is 1.79. The molecule has 1 aromatic carbocycles. The van der Waals surface area contributed by atoms with Crippen LogP contribution >= 0.6 is 0 Å². The maximum Gasteiger partial charge on any atom is 0.306 e. The second-order valence-corrected chi connectivity index (χ2v) is 3.94. The van der Waals surface area contributed by atoms with Gasteiger partial charge in [0, 0.05) is 5.56 Å². The van der Waals surface area contributed by atoms with Crippen molar-refractivity contribution in [2.24, 2.45) is 5.92 Å². The van der Waals surface area contributed by atoms with Crippen LogP contribution in [0.3, 0.4) is 0 Å². The van der Waals surface area contributed by atoms with E-state index < -0.39 is 11.9 Å². The first-order valence-corrected chi connectivity index (χ1v) is 5.39. The number of carbonyl (C=O) groups is 1. The molecule has 0 aliphatic rings. The fourth-order valence-electron chi connectivity index (χ4n) is 1.68. The standard InChI is InChI=1S/C13H13NO3/c1-9(13(15)16)8-10-4-2-3-5-11(10)12-14-6-7-17-12/h2-7,9H,8H2,1H3,(H,15,16). The Kier molecular flexibility index (Phi) is 3.23. The first-order valence-electron chi connectivity index (χ1n) is 5.39. The third kappa shape index (κ3) is 2.53. The Hall–Kier alpha value is -2.10. The summed E-state index contributed by atoms with van der Waals surface area (Å²) in [6.45, 7) is 1.69. The van der Waals surface area contributed by atoms with Crippen molar-refractivity contribution in [1.82, 2.24) is 4.98 Å². The van der Waals surface area contributed by atoms with E-state index in [2.05, 4.69) is 4.98 Å². The van der Waals surface area contributed by atoms with Gasteiger partial charge in [0.15, 0.2) is 0 Å². The van der Waals surface area contributed by atoms with Crippen molar-refractivity contribution in [3.63, 3.8) is 0 Å². The van der Waals surface area contributed by atoms with Gasteiger partial charge in [0.1, 0.15) is 6.26 Å². The Morgan fingerprint density at radius 1 is 1.47 bits per heavy atom. The van der Waals surface area contributed by atoms with E-state index in [0.717, 1.165) is 11.1 Å². The zero-order valence-electron chi connectivity index (χ0n) is 9.46. The zero-order valence-corrected chi connectivity index (χ0v) is 9.46. The first-order chi connectivity index (χ1) is 8.18. The molecule has 1 unspecified atom stereocenters. The first kappa shape index (κ1) is 11.4. The van der Waals surface area contributed by atoms with E-state index in [0.29, 0.717) is 12.3 Å². The number of aliphatic carboxylic acids is 1. The highest BCUT2D eigenvalue weighted by atomic mass is 16.4. The van der Waals surface area contributed by atoms with Gasteiger partial charge in [-0.15, -0.1) is 0 Å². The minimum atomic E-state index is -0.799. The molecule has 4 nitrogen and oxygen atoms in total. The number of oxazole rings is 1. The molecule has 4 heteroatoms. The van der Waals surface area contributed by atoms with Crippen molar-refractivity contribution in [1.29, 1.82) is 0 Å². The average Bonchev–Trinajstić information content (AvgIpc) is 2.83. The quantitative estimate of drug-likeness (QED) is 0.878. The van der Waals surface area contributed by atoms with E-state index in [1.54, 1.807) is 13.1 Å². The number of carboxylic acid groups (broad SMARTS) is 1. The van der Waals surface area contributed by atoms with Gasteiger partial charge in [0.2, 0.25) is 5.89 Å². The predicted molar refractivity (Wildman–Crippen MR) is 62.4 cm³/mol. The van der Waals surface area contributed by atoms with Gasteiger partial charge in [0.25, 0.3) is 0 Å². The lowest BCUT2D eigenvalue weighted by Gasteiger charge is -2.09. The molecule has 2 aromatic rings. The SMILES string of the molecule is CC(Cc1ccccc1-c1ncco1)C(=O)O. The summed E-state index contributed by atoms with van der Waals surface area (Å²) in [5, 5.41) is 8.93. The molecule has 1 heterocycles. The van der Waals surface area contributed by atoms with Crippen LogP contribution in [0, 0.1) is 5.92 Å². The molecule has 1 N–H and O–H groups in total. The van der Waals surface area contributed by atoms with Crippen LogP contribution in [0.25, 0.3) is 11.5 Å². The summed E-state index contributed by atoms with van der Waals surface area (Å²) in [6.07, 6.45) is 3.55. The van der Waals surface area contributed by atoms with Crippen LogP contribution in [0.4, 0.5) is 0 Å². The number of aromatic nitrogens is 1. The maximum absolute atomic E-state index is 10.9. The third-order valence-corrected chi connectivity index (χ3v) is 2.63. The average molecular weight is 231 g/mol. The summed E-state index contributed by atoms with van der Waals surface area (Å²) in [5.74, 6) is -0.698. The Morgan fingerprint density at radius 3 is 2.88 bits per heavy atom. The van der Waals surface area contributed by atoms with Crippen molar-refractivity contribution < 1.29 is 14.3 Å². The largest absolute Gasteiger partial charge is 0.481 e. The van der Waals surface area contributed by atoms with E-state index in [4.69, 9.17) is 9.52 Å². The second-order valence-electron chi connectivity index (χ2n) is 3.94. The molecule has 0 saturated carbocycles. The van der Waals surface area contributed by atoms with Gasteiger partial charge in [-0.25, -0.2) is 4.98 Å². The molecule has 0 radical (unpaired) electrons. The van der Waals surface area contributed by atoms with Gasteiger partial charge < -0.3 is 9.52 Å². The molecule has 0 fully saturated rings. The summed E-state index contributed by atoms with van der Waals surface area (Å²) >= 11 is 0. The van der Waals surface area contributed by atoms with Crippen LogP contribution < -0.4 is 0 Å². The van der Waals surface area contributed by atoms with Crippen LogP contribution in [0.5, 0.6) is 0 Å². The summed E-state index contributed by atoms with van der Waals surface area (Å²) in [6, 6.07) is 7.56. The molecular weight excluding hydrogens is 218 g/mol. The minimum absolute atomic E-state index is 0.425. The van der Waals surface area contributed by atoms with Gasteiger partial charge in [-0.3, -0.25) is 4.79 Å². The van der Waals surface area contributed by atoms with Crippen LogP contribution in [0.15, 0.2) is 41.1 Å². The molecule has 17 heavy (non-hydrogen) atoms. The molecule has 0 spiro atoms. The number of nitrogens with zero attached hydrogens (tertiary/aromatic N) is 1. The van der Waals surface area contributed by atoms with Gasteiger partial charge in [0.05, 0.1) is 12.1 Å². The van der Waals surface area contributed by atoms with Crippen molar-refractivity contribution in [3.05, 3.63) is 42.3 Å². The van der Waals surface area contributed by atoms with Crippen LogP contribution in [-0.4, -0.2) is 16.1 Å². The Bertz CT molecular complexity index is 505. The fourth-order valence-corrected chi connectivity index (χ4v) is 1.68. The van der Waals surface area contributed by atoms with E-state index >= 15 is 0 Å². The highest BCUT2D eigenvalue weighted by molar-refractivity contribution is 5.71. The van der Waals surface area contributed by atoms with E-state index in [1.165, 1.54) is 6.26 Å². The highest BCUT2D eigenvalue weighted by Crippen LogP contribution is 2.24. The lowest BCUT2D eigenvalue weighted by molar-refractivity contribution is -0.141. The van der Waals surface area contributed by atoms with Crippen molar-refractivity contribution >= 4 is 5.97 Å². The number of rotatable bonds is 4. The lowest BCUT2D eigenvalue weighted by atomic mass is 9.97. The van der Waals surface area contributed by atoms with Crippen LogP contribution in [0.1, 0.15) is 12.5 Å². The van der Waals surface area contributed by atoms with Gasteiger partial charge in [-0.2, -0.15) is 0 Å². The summed E-state index contributed by atoms with van der Waals surface area (Å²) in [7, 11) is 0. The van der Waals surface area contributed by atoms with Gasteiger partial charge in [-0.05, 0) is 18.1 Å². The predicted octanol–water partition coefficient (Wildman–Crippen LogP) is 2.60. The minimum Gasteiger partial charge on any atom is -0.481 e. The highest BCUT2D eigenvalue weighted by Gasteiger charge is 2.15.